The summed E-state index contributed by atoms with van der Waals surface area (Å²) in [5.41, 5.74) is 4.14. The maximum absolute atomic E-state index is 6.03. The van der Waals surface area contributed by atoms with Crippen LogP contribution in [-0.4, -0.2) is 14.5 Å². The number of hydrogen-bond acceptors (Lipinski definition) is 2. The lowest BCUT2D eigenvalue weighted by Gasteiger charge is -2.09. The van der Waals surface area contributed by atoms with Gasteiger partial charge >= 0.3 is 0 Å². The van der Waals surface area contributed by atoms with E-state index in [-0.39, 0.29) is 0 Å². The van der Waals surface area contributed by atoms with E-state index in [9.17, 15) is 0 Å². The number of pyridine rings is 2. The maximum Gasteiger partial charge on any atom is 0.140 e. The van der Waals surface area contributed by atoms with E-state index in [1.54, 1.807) is 0 Å². The summed E-state index contributed by atoms with van der Waals surface area (Å²) in [6.45, 7) is 4.72. The zero-order valence-electron chi connectivity index (χ0n) is 10.9. The zero-order chi connectivity index (χ0) is 13.4. The van der Waals surface area contributed by atoms with Gasteiger partial charge in [0.1, 0.15) is 10.8 Å². The van der Waals surface area contributed by atoms with E-state index >= 15 is 0 Å². The minimum atomic E-state index is 0.580. The van der Waals surface area contributed by atoms with Crippen molar-refractivity contribution in [1.82, 2.24) is 14.5 Å². The van der Waals surface area contributed by atoms with Crippen LogP contribution in [0.3, 0.4) is 0 Å². The Labute approximate surface area is 116 Å². The summed E-state index contributed by atoms with van der Waals surface area (Å²) in [6, 6.07) is 8.19. The quantitative estimate of drug-likeness (QED) is 0.665. The second-order valence-electron chi connectivity index (χ2n) is 4.70. The van der Waals surface area contributed by atoms with Crippen LogP contribution in [0.5, 0.6) is 0 Å². The Morgan fingerprint density at radius 2 is 2.11 bits per heavy atom. The van der Waals surface area contributed by atoms with Gasteiger partial charge in [0, 0.05) is 23.5 Å². The van der Waals surface area contributed by atoms with Gasteiger partial charge in [-0.25, -0.2) is 9.97 Å². The van der Waals surface area contributed by atoms with Gasteiger partial charge in [0.25, 0.3) is 0 Å². The number of fused-ring (bicyclic) bond motifs is 1. The summed E-state index contributed by atoms with van der Waals surface area (Å²) < 4.78 is 2.13. The van der Waals surface area contributed by atoms with Crippen LogP contribution in [0.1, 0.15) is 16.8 Å². The molecule has 0 aromatic carbocycles. The van der Waals surface area contributed by atoms with E-state index < -0.39 is 0 Å². The van der Waals surface area contributed by atoms with Crippen LogP contribution in [-0.2, 0) is 6.54 Å². The number of nitrogens with zero attached hydrogens (tertiary/aromatic N) is 3. The van der Waals surface area contributed by atoms with Crippen molar-refractivity contribution in [3.8, 4) is 0 Å². The molecular formula is C15H14ClN3. The molecule has 3 aromatic heterocycles. The monoisotopic (exact) mass is 271 g/mol. The predicted octanol–water partition coefficient (Wildman–Crippen LogP) is 3.75. The highest BCUT2D eigenvalue weighted by Crippen LogP contribution is 2.19. The lowest BCUT2D eigenvalue weighted by molar-refractivity contribution is 0.810. The number of aromatic nitrogens is 3. The Balaban J connectivity index is 2.04. The molecule has 19 heavy (non-hydrogen) atoms. The van der Waals surface area contributed by atoms with E-state index in [0.29, 0.717) is 5.15 Å². The van der Waals surface area contributed by atoms with Gasteiger partial charge in [-0.05, 0) is 49.2 Å². The van der Waals surface area contributed by atoms with Gasteiger partial charge < -0.3 is 4.57 Å². The highest BCUT2D eigenvalue weighted by atomic mass is 35.5. The van der Waals surface area contributed by atoms with E-state index in [1.807, 2.05) is 26.1 Å². The summed E-state index contributed by atoms with van der Waals surface area (Å²) in [5, 5.41) is 1.73. The van der Waals surface area contributed by atoms with Gasteiger partial charge in [0.2, 0.25) is 0 Å². The molecule has 0 atom stereocenters. The van der Waals surface area contributed by atoms with Crippen molar-refractivity contribution in [2.45, 2.75) is 20.4 Å². The summed E-state index contributed by atoms with van der Waals surface area (Å²) >= 11 is 6.03. The molecule has 0 radical (unpaired) electrons. The van der Waals surface area contributed by atoms with Gasteiger partial charge in [0.15, 0.2) is 0 Å². The van der Waals surface area contributed by atoms with Crippen molar-refractivity contribution in [3.05, 3.63) is 58.6 Å². The summed E-state index contributed by atoms with van der Waals surface area (Å²) in [6.07, 6.45) is 3.87. The molecule has 3 nitrogen and oxygen atoms in total. The predicted molar refractivity (Wildman–Crippen MR) is 77.6 cm³/mol. The normalized spacial score (nSPS) is 11.1. The number of rotatable bonds is 2. The van der Waals surface area contributed by atoms with Crippen molar-refractivity contribution >= 4 is 22.6 Å². The molecule has 0 N–H and O–H groups in total. The highest BCUT2D eigenvalue weighted by Gasteiger charge is 2.07. The highest BCUT2D eigenvalue weighted by molar-refractivity contribution is 6.30. The van der Waals surface area contributed by atoms with Gasteiger partial charge in [-0.15, -0.1) is 0 Å². The minimum absolute atomic E-state index is 0.580. The van der Waals surface area contributed by atoms with Crippen molar-refractivity contribution in [2.24, 2.45) is 0 Å². The smallest absolute Gasteiger partial charge is 0.140 e. The first-order chi connectivity index (χ1) is 9.15. The van der Waals surface area contributed by atoms with Crippen LogP contribution < -0.4 is 0 Å². The molecule has 0 unspecified atom stereocenters. The molecule has 0 aliphatic carbocycles. The molecule has 0 bridgehead atoms. The fraction of sp³-hybridized carbons (Fsp3) is 0.200. The van der Waals surface area contributed by atoms with E-state index in [4.69, 9.17) is 11.6 Å². The summed E-state index contributed by atoms with van der Waals surface area (Å²) in [5.74, 6) is 0. The second-order valence-corrected chi connectivity index (χ2v) is 5.06. The first kappa shape index (κ1) is 12.2. The third-order valence-corrected chi connectivity index (χ3v) is 3.69. The van der Waals surface area contributed by atoms with Gasteiger partial charge in [-0.2, -0.15) is 0 Å². The van der Waals surface area contributed by atoms with Crippen LogP contribution in [0.15, 0.2) is 36.7 Å². The molecule has 3 rings (SSSR count). The van der Waals surface area contributed by atoms with Crippen LogP contribution in [0, 0.1) is 13.8 Å². The molecule has 3 heterocycles. The first-order valence-electron chi connectivity index (χ1n) is 6.17. The molecule has 0 aliphatic rings. The lowest BCUT2D eigenvalue weighted by Crippen LogP contribution is -2.03. The SMILES string of the molecule is Cc1cc(Cn2ccc3cccnc32)c(C)nc1Cl. The number of hydrogen-bond donors (Lipinski definition) is 0. The molecule has 0 fully saturated rings. The van der Waals surface area contributed by atoms with Crippen molar-refractivity contribution < 1.29 is 0 Å². The van der Waals surface area contributed by atoms with E-state index in [2.05, 4.69) is 38.9 Å². The average molecular weight is 272 g/mol. The van der Waals surface area contributed by atoms with Crippen LogP contribution in [0.4, 0.5) is 0 Å². The van der Waals surface area contributed by atoms with Gasteiger partial charge in [-0.1, -0.05) is 11.6 Å². The van der Waals surface area contributed by atoms with Gasteiger partial charge in [-0.3, -0.25) is 0 Å². The Morgan fingerprint density at radius 1 is 1.26 bits per heavy atom. The van der Waals surface area contributed by atoms with Crippen molar-refractivity contribution in [2.75, 3.05) is 0 Å². The Hall–Kier alpha value is -1.87. The molecule has 3 aromatic rings. The Kier molecular flexibility index (Phi) is 2.99. The first-order valence-corrected chi connectivity index (χ1v) is 6.55. The molecule has 0 spiro atoms. The topological polar surface area (TPSA) is 30.7 Å². The maximum atomic E-state index is 6.03. The van der Waals surface area contributed by atoms with E-state index in [1.165, 1.54) is 5.56 Å². The fourth-order valence-corrected chi connectivity index (χ4v) is 2.41. The van der Waals surface area contributed by atoms with Crippen molar-refractivity contribution in [3.63, 3.8) is 0 Å². The third kappa shape index (κ3) is 2.22. The largest absolute Gasteiger partial charge is 0.328 e. The minimum Gasteiger partial charge on any atom is -0.328 e. The average Bonchev–Trinajstić information content (AvgIpc) is 2.80. The molecule has 0 amide bonds. The standard InChI is InChI=1S/C15H14ClN3/c1-10-8-13(11(2)18-14(10)16)9-19-7-5-12-4-3-6-17-15(12)19/h3-8H,9H2,1-2H3. The summed E-state index contributed by atoms with van der Waals surface area (Å²) in [7, 11) is 0. The third-order valence-electron chi connectivity index (χ3n) is 3.31. The molecule has 4 heteroatoms. The van der Waals surface area contributed by atoms with Crippen LogP contribution in [0.2, 0.25) is 5.15 Å². The Morgan fingerprint density at radius 3 is 2.95 bits per heavy atom. The molecule has 0 saturated heterocycles. The van der Waals surface area contributed by atoms with E-state index in [0.717, 1.165) is 28.8 Å². The Bertz CT molecular complexity index is 746. The lowest BCUT2D eigenvalue weighted by atomic mass is 10.1. The zero-order valence-corrected chi connectivity index (χ0v) is 11.6. The molecule has 96 valence electrons. The summed E-state index contributed by atoms with van der Waals surface area (Å²) in [4.78, 5) is 8.79. The fourth-order valence-electron chi connectivity index (χ4n) is 2.22. The number of halogens is 1. The van der Waals surface area contributed by atoms with Crippen LogP contribution >= 0.6 is 11.6 Å². The van der Waals surface area contributed by atoms with Gasteiger partial charge in [0.05, 0.1) is 6.54 Å². The molecule has 0 aliphatic heterocycles. The van der Waals surface area contributed by atoms with Crippen molar-refractivity contribution in [1.29, 1.82) is 0 Å². The van der Waals surface area contributed by atoms with Crippen LogP contribution in [0.25, 0.3) is 11.0 Å². The number of aryl methyl sites for hydroxylation is 2. The second kappa shape index (κ2) is 4.67. The molecular weight excluding hydrogens is 258 g/mol. The molecule has 0 saturated carbocycles.